The van der Waals surface area contributed by atoms with Gasteiger partial charge in [0, 0.05) is 65.2 Å². The van der Waals surface area contributed by atoms with E-state index in [4.69, 9.17) is 4.42 Å². The van der Waals surface area contributed by atoms with Crippen LogP contribution >= 0.6 is 11.3 Å². The van der Waals surface area contributed by atoms with Crippen molar-refractivity contribution in [3.8, 4) is 22.3 Å². The van der Waals surface area contributed by atoms with Gasteiger partial charge in [0.1, 0.15) is 5.58 Å². The van der Waals surface area contributed by atoms with Gasteiger partial charge in [0.05, 0.1) is 17.1 Å². The number of furan rings is 1. The van der Waals surface area contributed by atoms with Crippen LogP contribution in [0.25, 0.3) is 54.3 Å². The highest BCUT2D eigenvalue weighted by Gasteiger charge is 2.51. The number of benzene rings is 9. The summed E-state index contributed by atoms with van der Waals surface area (Å²) in [6.45, 7) is 40.4. The summed E-state index contributed by atoms with van der Waals surface area (Å²) in [5, 5.41) is 3.55. The number of hydrogen-bond donors (Lipinski definition) is 0. The predicted octanol–water partition coefficient (Wildman–Crippen LogP) is 23.2. The summed E-state index contributed by atoms with van der Waals surface area (Å²) < 4.78 is 10.2. The fourth-order valence-corrected chi connectivity index (χ4v) is 17.2. The molecule has 6 heteroatoms. The molecule has 4 aliphatic rings. The summed E-state index contributed by atoms with van der Waals surface area (Å²) in [6.07, 6.45) is 4.55. The third kappa shape index (κ3) is 9.17. The molecule has 0 radical (unpaired) electrons. The fraction of sp³-hybridized carbons (Fsp3) is 0.333. The molecule has 0 fully saturated rings. The second-order valence-corrected chi connectivity index (χ2v) is 33.8. The molecule has 0 bridgehead atoms. The molecule has 0 saturated carbocycles. The van der Waals surface area contributed by atoms with Gasteiger partial charge in [-0.25, -0.2) is 0 Å². The van der Waals surface area contributed by atoms with E-state index in [2.05, 4.69) is 308 Å². The predicted molar refractivity (Wildman–Crippen MR) is 390 cm³/mol. The van der Waals surface area contributed by atoms with Crippen molar-refractivity contribution in [2.24, 2.45) is 0 Å². The Hall–Kier alpha value is -7.80. The van der Waals surface area contributed by atoms with Crippen molar-refractivity contribution in [3.63, 3.8) is 0 Å². The summed E-state index contributed by atoms with van der Waals surface area (Å²) in [7, 11) is 0. The Labute approximate surface area is 540 Å². The number of thiophene rings is 1. The average molecular weight is 1200 g/mol. The molecule has 90 heavy (non-hydrogen) atoms. The van der Waals surface area contributed by atoms with Gasteiger partial charge in [0.15, 0.2) is 5.58 Å². The molecular weight excluding hydrogens is 1110 g/mol. The van der Waals surface area contributed by atoms with E-state index in [1.54, 1.807) is 0 Å². The van der Waals surface area contributed by atoms with Crippen molar-refractivity contribution >= 4 is 106 Å². The van der Waals surface area contributed by atoms with Gasteiger partial charge in [0.2, 0.25) is 0 Å². The first-order chi connectivity index (χ1) is 42.5. The van der Waals surface area contributed by atoms with Crippen LogP contribution in [0.3, 0.4) is 0 Å². The molecule has 4 heterocycles. The van der Waals surface area contributed by atoms with Crippen molar-refractivity contribution in [3.05, 3.63) is 215 Å². The maximum atomic E-state index is 7.55. The second kappa shape index (κ2) is 19.9. The van der Waals surface area contributed by atoms with Gasteiger partial charge >= 0.3 is 6.85 Å². The fourth-order valence-electron chi connectivity index (χ4n) is 15.8. The maximum absolute atomic E-state index is 7.55. The van der Waals surface area contributed by atoms with E-state index < -0.39 is 0 Å². The quantitative estimate of drug-likeness (QED) is 0.155. The third-order valence-electron chi connectivity index (χ3n) is 21.6. The zero-order chi connectivity index (χ0) is 63.1. The van der Waals surface area contributed by atoms with Crippen LogP contribution < -0.4 is 24.9 Å². The third-order valence-corrected chi connectivity index (χ3v) is 22.8. The summed E-state index contributed by atoms with van der Waals surface area (Å²) in [4.78, 5) is 7.99. The molecule has 0 atom stereocenters. The van der Waals surface area contributed by atoms with Gasteiger partial charge in [0.25, 0.3) is 0 Å². The Morgan fingerprint density at radius 2 is 0.978 bits per heavy atom. The normalized spacial score (nSPS) is 17.1. The van der Waals surface area contributed by atoms with E-state index in [1.165, 1.54) is 98.6 Å². The van der Waals surface area contributed by atoms with Gasteiger partial charge in [-0.05, 0) is 204 Å². The first-order valence-electron chi connectivity index (χ1n) is 33.2. The van der Waals surface area contributed by atoms with Crippen LogP contribution in [0, 0.1) is 0 Å². The number of para-hydroxylation sites is 1. The lowest BCUT2D eigenvalue weighted by Crippen LogP contribution is -2.60. The molecule has 2 aromatic heterocycles. The van der Waals surface area contributed by atoms with E-state index in [0.29, 0.717) is 0 Å². The number of hydrogen-bond acceptors (Lipinski definition) is 5. The Bertz CT molecular complexity index is 4670. The van der Waals surface area contributed by atoms with Crippen LogP contribution in [0.2, 0.25) is 0 Å². The van der Waals surface area contributed by atoms with Crippen LogP contribution in [0.4, 0.5) is 45.5 Å². The molecule has 0 spiro atoms. The minimum absolute atomic E-state index is 0.00637. The number of nitrogens with zero attached hydrogens (tertiary/aromatic N) is 3. The highest BCUT2D eigenvalue weighted by molar-refractivity contribution is 7.32. The SMILES string of the molecule is CC(C)(C)c1ccc(N(c2ccc(C(C)(C)C)cc2)c2ccc3c(c2)N(c2ccc4c(c2)C(C)(C)CCC4(C)C)B2c4sc5cc6c(cc5c4N(c4ccc(C(C)(C)C)cc4-c4ccccc4)c4c2c-3cc2c4oc3ccccc32)C(C)(C)CCC6(C)C)cc1. The Morgan fingerprint density at radius 3 is 1.59 bits per heavy atom. The Balaban J connectivity index is 1.11. The molecule has 2 aliphatic heterocycles. The van der Waals surface area contributed by atoms with E-state index in [9.17, 15) is 0 Å². The molecular formula is C84H88BN3OS. The van der Waals surface area contributed by atoms with E-state index in [0.717, 1.165) is 76.1 Å². The number of rotatable bonds is 6. The minimum atomic E-state index is -0.255. The van der Waals surface area contributed by atoms with E-state index >= 15 is 0 Å². The number of anilines is 8. The van der Waals surface area contributed by atoms with Crippen molar-refractivity contribution in [1.82, 2.24) is 0 Å². The molecule has 0 N–H and O–H groups in total. The smallest absolute Gasteiger partial charge is 0.343 e. The summed E-state index contributed by atoms with van der Waals surface area (Å²) in [5.74, 6) is 0. The van der Waals surface area contributed by atoms with Gasteiger partial charge in [-0.15, -0.1) is 11.3 Å². The zero-order valence-electron chi connectivity index (χ0n) is 56.3. The lowest BCUT2D eigenvalue weighted by atomic mass is 9.46. The molecule has 15 rings (SSSR count). The topological polar surface area (TPSA) is 22.9 Å². The lowest BCUT2D eigenvalue weighted by Gasteiger charge is -2.46. The van der Waals surface area contributed by atoms with Crippen LogP contribution in [0.15, 0.2) is 180 Å². The zero-order valence-corrected chi connectivity index (χ0v) is 57.1. The summed E-state index contributed by atoms with van der Waals surface area (Å²) in [5.41, 5.74) is 26.9. The first-order valence-corrected chi connectivity index (χ1v) is 34.0. The molecule has 11 aromatic rings. The van der Waals surface area contributed by atoms with Crippen LogP contribution in [0.1, 0.15) is 182 Å². The molecule has 0 saturated heterocycles. The highest BCUT2D eigenvalue weighted by atomic mass is 32.1. The molecule has 0 unspecified atom stereocenters. The van der Waals surface area contributed by atoms with Gasteiger partial charge in [-0.3, -0.25) is 0 Å². The maximum Gasteiger partial charge on any atom is 0.343 e. The average Bonchev–Trinajstić information content (AvgIpc) is 1.34. The summed E-state index contributed by atoms with van der Waals surface area (Å²) >= 11 is 2.02. The minimum Gasteiger partial charge on any atom is -0.454 e. The van der Waals surface area contributed by atoms with E-state index in [1.807, 2.05) is 11.3 Å². The monoisotopic (exact) mass is 1200 g/mol. The molecule has 9 aromatic carbocycles. The Morgan fingerprint density at radius 1 is 0.433 bits per heavy atom. The number of fused-ring (bicyclic) bond motifs is 12. The van der Waals surface area contributed by atoms with Crippen molar-refractivity contribution in [2.45, 2.75) is 181 Å². The second-order valence-electron chi connectivity index (χ2n) is 32.7. The van der Waals surface area contributed by atoms with Crippen molar-refractivity contribution in [1.29, 1.82) is 0 Å². The Kier molecular flexibility index (Phi) is 12.9. The molecule has 454 valence electrons. The lowest BCUT2D eigenvalue weighted by molar-refractivity contribution is 0.332. The molecule has 4 nitrogen and oxygen atoms in total. The van der Waals surface area contributed by atoms with Gasteiger partial charge in [-0.2, -0.15) is 0 Å². The summed E-state index contributed by atoms with van der Waals surface area (Å²) in [6, 6.07) is 68.7. The van der Waals surface area contributed by atoms with Crippen molar-refractivity contribution < 1.29 is 4.42 Å². The van der Waals surface area contributed by atoms with Gasteiger partial charge in [-0.1, -0.05) is 209 Å². The van der Waals surface area contributed by atoms with E-state index in [-0.39, 0.29) is 44.8 Å². The van der Waals surface area contributed by atoms with Crippen LogP contribution in [-0.4, -0.2) is 6.85 Å². The molecule has 0 amide bonds. The first kappa shape index (κ1) is 58.6. The van der Waals surface area contributed by atoms with Crippen LogP contribution in [-0.2, 0) is 37.9 Å². The standard InChI is InChI=1S/C84H88BN3OS/c1-78(2,3)52-27-32-55(33-28-52)86(56-34-29-53(30-35-56)79(4,5)6)57-36-38-59-62-48-63-60-25-21-22-26-71(60)89-76(63)75-73(62)85(88(70(59)47-57)58-37-39-65-66(46-58)82(12,13)42-41-81(65,10)11)77-74(64-49-67-68(50-72(64)90-77)84(16,17)44-43-83(67,14)15)87(75)69-40-31-54(80(7,8)9)45-61(69)51-23-19-18-20-24-51/h18-40,45-50H,41-44H2,1-17H3. The van der Waals surface area contributed by atoms with Gasteiger partial charge < -0.3 is 19.0 Å². The highest BCUT2D eigenvalue weighted by Crippen LogP contribution is 2.58. The van der Waals surface area contributed by atoms with Crippen LogP contribution in [0.5, 0.6) is 0 Å². The molecule has 2 aliphatic carbocycles. The van der Waals surface area contributed by atoms with Crippen molar-refractivity contribution in [2.75, 3.05) is 14.6 Å². The largest absolute Gasteiger partial charge is 0.454 e.